The first-order chi connectivity index (χ1) is 8.97. The lowest BCUT2D eigenvalue weighted by Crippen LogP contribution is -2.24. The number of rotatable bonds is 4. The Morgan fingerprint density at radius 1 is 1.42 bits per heavy atom. The summed E-state index contributed by atoms with van der Waals surface area (Å²) >= 11 is 0. The van der Waals surface area contributed by atoms with Crippen molar-refractivity contribution in [2.24, 2.45) is 7.05 Å². The van der Waals surface area contributed by atoms with Crippen LogP contribution in [0.2, 0.25) is 0 Å². The molecule has 19 heavy (non-hydrogen) atoms. The fourth-order valence-corrected chi connectivity index (χ4v) is 1.69. The molecule has 0 unspecified atom stereocenters. The predicted octanol–water partition coefficient (Wildman–Crippen LogP) is 0.222. The van der Waals surface area contributed by atoms with Crippen LogP contribution in [0.15, 0.2) is 27.4 Å². The Hall–Kier alpha value is -2.57. The molecule has 1 amide bonds. The highest BCUT2D eigenvalue weighted by Crippen LogP contribution is 2.14. The number of carboxylic acid groups (broad SMARTS) is 1. The van der Waals surface area contributed by atoms with E-state index in [1.807, 2.05) is 0 Å². The molecule has 0 aliphatic carbocycles. The summed E-state index contributed by atoms with van der Waals surface area (Å²) in [4.78, 5) is 32.8. The summed E-state index contributed by atoms with van der Waals surface area (Å²) in [6.07, 6.45) is -0.567. The number of nitrogens with zero attached hydrogens (tertiary/aromatic N) is 1. The van der Waals surface area contributed by atoms with E-state index in [9.17, 15) is 14.4 Å². The highest BCUT2D eigenvalue weighted by Gasteiger charge is 2.09. The highest BCUT2D eigenvalue weighted by atomic mass is 16.4. The maximum atomic E-state index is 11.3. The molecule has 2 N–H and O–H groups in total. The van der Waals surface area contributed by atoms with E-state index >= 15 is 0 Å². The van der Waals surface area contributed by atoms with Gasteiger partial charge >= 0.3 is 11.7 Å². The van der Waals surface area contributed by atoms with E-state index in [1.165, 1.54) is 4.57 Å². The van der Waals surface area contributed by atoms with E-state index in [4.69, 9.17) is 9.52 Å². The Kier molecular flexibility index (Phi) is 3.37. The molecule has 2 aromatic rings. The Morgan fingerprint density at radius 2 is 2.16 bits per heavy atom. The van der Waals surface area contributed by atoms with Crippen molar-refractivity contribution >= 4 is 23.0 Å². The molecule has 0 aliphatic heterocycles. The van der Waals surface area contributed by atoms with E-state index in [1.54, 1.807) is 25.2 Å². The molecule has 0 bridgehead atoms. The fourth-order valence-electron chi connectivity index (χ4n) is 1.69. The van der Waals surface area contributed by atoms with Gasteiger partial charge in [0.25, 0.3) is 0 Å². The number of aromatic nitrogens is 1. The maximum Gasteiger partial charge on any atom is 0.419 e. The number of carbonyl (C=O) groups excluding carboxylic acids is 1. The second kappa shape index (κ2) is 4.97. The zero-order valence-corrected chi connectivity index (χ0v) is 10.2. The van der Waals surface area contributed by atoms with Gasteiger partial charge in [0.05, 0.1) is 5.52 Å². The molecule has 1 aromatic carbocycles. The van der Waals surface area contributed by atoms with Crippen molar-refractivity contribution in [1.82, 2.24) is 9.88 Å². The van der Waals surface area contributed by atoms with Gasteiger partial charge in [0, 0.05) is 13.6 Å². The van der Waals surface area contributed by atoms with Gasteiger partial charge in [-0.05, 0) is 17.7 Å². The first-order valence-electron chi connectivity index (χ1n) is 5.54. The summed E-state index contributed by atoms with van der Waals surface area (Å²) in [5.41, 5.74) is 1.81. The molecular formula is C12H12N2O5. The zero-order chi connectivity index (χ0) is 14.0. The minimum absolute atomic E-state index is 0.181. The van der Waals surface area contributed by atoms with Crippen LogP contribution < -0.4 is 11.1 Å². The fraction of sp³-hybridized carbons (Fsp3) is 0.250. The zero-order valence-electron chi connectivity index (χ0n) is 10.2. The first kappa shape index (κ1) is 12.9. The van der Waals surface area contributed by atoms with Gasteiger partial charge in [-0.15, -0.1) is 0 Å². The molecule has 0 saturated carbocycles. The number of aliphatic carboxylic acids is 1. The van der Waals surface area contributed by atoms with Gasteiger partial charge in [-0.1, -0.05) is 6.07 Å². The van der Waals surface area contributed by atoms with Gasteiger partial charge in [0.1, 0.15) is 6.42 Å². The van der Waals surface area contributed by atoms with Crippen LogP contribution in [0.3, 0.4) is 0 Å². The standard InChI is InChI=1S/C12H12N2O5/c1-14-8-3-2-7(4-9(8)19-12(14)18)6-13-10(15)5-11(16)17/h2-4H,5-6H2,1H3,(H,13,15)(H,16,17). The Morgan fingerprint density at radius 3 is 2.84 bits per heavy atom. The van der Waals surface area contributed by atoms with Crippen molar-refractivity contribution in [3.8, 4) is 0 Å². The lowest BCUT2D eigenvalue weighted by molar-refractivity contribution is -0.140. The maximum absolute atomic E-state index is 11.3. The van der Waals surface area contributed by atoms with Crippen molar-refractivity contribution in [2.75, 3.05) is 0 Å². The molecule has 7 nitrogen and oxygen atoms in total. The number of hydrogen-bond acceptors (Lipinski definition) is 4. The van der Waals surface area contributed by atoms with Crippen LogP contribution in [0, 0.1) is 0 Å². The number of carbonyl (C=O) groups is 2. The van der Waals surface area contributed by atoms with Crippen molar-refractivity contribution in [1.29, 1.82) is 0 Å². The van der Waals surface area contributed by atoms with Crippen LogP contribution in [0.5, 0.6) is 0 Å². The number of oxazole rings is 1. The van der Waals surface area contributed by atoms with E-state index in [0.29, 0.717) is 11.1 Å². The topological polar surface area (TPSA) is 102 Å². The average molecular weight is 264 g/mol. The number of carboxylic acids is 1. The number of amides is 1. The SMILES string of the molecule is Cn1c(=O)oc2cc(CNC(=O)CC(=O)O)ccc21. The molecular weight excluding hydrogens is 252 g/mol. The normalized spacial score (nSPS) is 10.6. The third-order valence-corrected chi connectivity index (χ3v) is 2.66. The van der Waals surface area contributed by atoms with Crippen LogP contribution in [-0.4, -0.2) is 21.6 Å². The predicted molar refractivity (Wildman–Crippen MR) is 65.6 cm³/mol. The van der Waals surface area contributed by atoms with Crippen LogP contribution in [0.4, 0.5) is 0 Å². The van der Waals surface area contributed by atoms with Gasteiger partial charge in [-0.25, -0.2) is 4.79 Å². The monoisotopic (exact) mass is 264 g/mol. The molecule has 0 spiro atoms. The third-order valence-electron chi connectivity index (χ3n) is 2.66. The molecule has 1 heterocycles. The van der Waals surface area contributed by atoms with Crippen LogP contribution in [0.1, 0.15) is 12.0 Å². The number of hydrogen-bond donors (Lipinski definition) is 2. The molecule has 1 aromatic heterocycles. The van der Waals surface area contributed by atoms with Gasteiger partial charge in [-0.2, -0.15) is 0 Å². The minimum atomic E-state index is -1.18. The molecule has 0 fully saturated rings. The Balaban J connectivity index is 2.12. The highest BCUT2D eigenvalue weighted by molar-refractivity contribution is 5.93. The molecule has 0 radical (unpaired) electrons. The quantitative estimate of drug-likeness (QED) is 0.769. The molecule has 2 rings (SSSR count). The van der Waals surface area contributed by atoms with Gasteiger partial charge < -0.3 is 14.8 Å². The Bertz CT molecular complexity index is 698. The molecule has 0 saturated heterocycles. The minimum Gasteiger partial charge on any atom is -0.481 e. The van der Waals surface area contributed by atoms with Crippen LogP contribution in [0.25, 0.3) is 11.1 Å². The summed E-state index contributed by atoms with van der Waals surface area (Å²) in [5.74, 6) is -2.20. The number of benzene rings is 1. The lowest BCUT2D eigenvalue weighted by Gasteiger charge is -2.03. The molecule has 0 atom stereocenters. The number of nitrogens with one attached hydrogen (secondary N) is 1. The smallest absolute Gasteiger partial charge is 0.419 e. The van der Waals surface area contributed by atoms with Crippen molar-refractivity contribution < 1.29 is 19.1 Å². The van der Waals surface area contributed by atoms with E-state index < -0.39 is 24.1 Å². The van der Waals surface area contributed by atoms with E-state index in [0.717, 1.165) is 5.56 Å². The van der Waals surface area contributed by atoms with Gasteiger partial charge in [-0.3, -0.25) is 14.2 Å². The van der Waals surface area contributed by atoms with Crippen molar-refractivity contribution in [2.45, 2.75) is 13.0 Å². The molecule has 100 valence electrons. The van der Waals surface area contributed by atoms with E-state index in [2.05, 4.69) is 5.32 Å². The second-order valence-corrected chi connectivity index (χ2v) is 4.08. The second-order valence-electron chi connectivity index (χ2n) is 4.08. The van der Waals surface area contributed by atoms with E-state index in [-0.39, 0.29) is 6.54 Å². The number of aryl methyl sites for hydroxylation is 1. The van der Waals surface area contributed by atoms with Gasteiger partial charge in [0.2, 0.25) is 5.91 Å². The Labute approximate surface area is 107 Å². The molecule has 7 heteroatoms. The van der Waals surface area contributed by atoms with Crippen LogP contribution in [-0.2, 0) is 23.2 Å². The van der Waals surface area contributed by atoms with Crippen molar-refractivity contribution in [3.63, 3.8) is 0 Å². The summed E-state index contributed by atoms with van der Waals surface area (Å²) < 4.78 is 6.39. The summed E-state index contributed by atoms with van der Waals surface area (Å²) in [6.45, 7) is 0.181. The summed E-state index contributed by atoms with van der Waals surface area (Å²) in [6, 6.07) is 5.08. The molecule has 0 aliphatic rings. The summed E-state index contributed by atoms with van der Waals surface area (Å²) in [7, 11) is 1.60. The largest absolute Gasteiger partial charge is 0.481 e. The van der Waals surface area contributed by atoms with Crippen molar-refractivity contribution in [3.05, 3.63) is 34.3 Å². The van der Waals surface area contributed by atoms with Gasteiger partial charge in [0.15, 0.2) is 5.58 Å². The first-order valence-corrected chi connectivity index (χ1v) is 5.54. The lowest BCUT2D eigenvalue weighted by atomic mass is 10.2. The summed E-state index contributed by atoms with van der Waals surface area (Å²) in [5, 5.41) is 10.9. The number of fused-ring (bicyclic) bond motifs is 1. The average Bonchev–Trinajstić information content (AvgIpc) is 2.61. The third kappa shape index (κ3) is 2.82. The van der Waals surface area contributed by atoms with Crippen LogP contribution >= 0.6 is 0 Å².